The fourth-order valence-corrected chi connectivity index (χ4v) is 3.40. The van der Waals surface area contributed by atoms with Gasteiger partial charge >= 0.3 is 12.1 Å². The van der Waals surface area contributed by atoms with Crippen molar-refractivity contribution in [2.45, 2.75) is 32.7 Å². The maximum atomic E-state index is 12.1. The monoisotopic (exact) mass is 379 g/mol. The molecule has 1 atom stereocenters. The lowest BCUT2D eigenvalue weighted by Gasteiger charge is -2.27. The number of aromatic nitrogens is 1. The number of para-hydroxylation sites is 1. The van der Waals surface area contributed by atoms with Gasteiger partial charge in [-0.15, -0.1) is 0 Å². The number of fused-ring (bicyclic) bond motifs is 1. The average Bonchev–Trinajstić information content (AvgIpc) is 2.95. The number of nitrogens with one attached hydrogen (secondary N) is 1. The van der Waals surface area contributed by atoms with Gasteiger partial charge in [-0.05, 0) is 24.5 Å². The van der Waals surface area contributed by atoms with Crippen LogP contribution in [0, 0.1) is 5.92 Å². The SMILES string of the molecule is CC(C)CC(C(=O)O)N(CCC(=O)Nc1nc2ccccc2s1)C(=O)O. The van der Waals surface area contributed by atoms with Gasteiger partial charge in [0.1, 0.15) is 6.04 Å². The Bertz CT molecular complexity index is 772. The van der Waals surface area contributed by atoms with Crippen LogP contribution in [0.25, 0.3) is 10.2 Å². The van der Waals surface area contributed by atoms with Crippen molar-refractivity contribution in [2.75, 3.05) is 11.9 Å². The highest BCUT2D eigenvalue weighted by Crippen LogP contribution is 2.25. The number of hydrogen-bond acceptors (Lipinski definition) is 5. The Kier molecular flexibility index (Phi) is 6.51. The van der Waals surface area contributed by atoms with Gasteiger partial charge in [-0.1, -0.05) is 37.3 Å². The van der Waals surface area contributed by atoms with E-state index in [2.05, 4.69) is 10.3 Å². The summed E-state index contributed by atoms with van der Waals surface area (Å²) >= 11 is 1.32. The maximum absolute atomic E-state index is 12.1. The van der Waals surface area contributed by atoms with E-state index in [-0.39, 0.29) is 25.3 Å². The molecule has 1 heterocycles. The molecule has 26 heavy (non-hydrogen) atoms. The number of rotatable bonds is 8. The summed E-state index contributed by atoms with van der Waals surface area (Å²) in [6.45, 7) is 3.43. The van der Waals surface area contributed by atoms with Crippen molar-refractivity contribution in [3.8, 4) is 0 Å². The van der Waals surface area contributed by atoms with E-state index in [4.69, 9.17) is 0 Å². The van der Waals surface area contributed by atoms with E-state index in [9.17, 15) is 24.6 Å². The molecule has 140 valence electrons. The molecule has 0 aliphatic rings. The third kappa shape index (κ3) is 5.16. The second-order valence-corrected chi connectivity index (χ2v) is 7.28. The number of nitrogens with zero attached hydrogens (tertiary/aromatic N) is 2. The molecule has 9 heteroatoms. The number of anilines is 1. The number of thiazole rings is 1. The molecule has 8 nitrogen and oxygen atoms in total. The highest BCUT2D eigenvalue weighted by Gasteiger charge is 2.30. The van der Waals surface area contributed by atoms with Gasteiger partial charge in [0.2, 0.25) is 5.91 Å². The van der Waals surface area contributed by atoms with E-state index in [1.807, 2.05) is 38.1 Å². The molecule has 1 aromatic heterocycles. The summed E-state index contributed by atoms with van der Waals surface area (Å²) in [4.78, 5) is 40.0. The summed E-state index contributed by atoms with van der Waals surface area (Å²) in [5, 5.41) is 21.7. The maximum Gasteiger partial charge on any atom is 0.408 e. The summed E-state index contributed by atoms with van der Waals surface area (Å²) in [5.41, 5.74) is 0.767. The number of amides is 2. The van der Waals surface area contributed by atoms with Crippen molar-refractivity contribution in [1.82, 2.24) is 9.88 Å². The van der Waals surface area contributed by atoms with Gasteiger partial charge in [-0.2, -0.15) is 0 Å². The first-order chi connectivity index (χ1) is 12.3. The van der Waals surface area contributed by atoms with Gasteiger partial charge in [-0.3, -0.25) is 9.69 Å². The van der Waals surface area contributed by atoms with E-state index < -0.39 is 24.0 Å². The fraction of sp³-hybridized carbons (Fsp3) is 0.412. The molecule has 0 radical (unpaired) electrons. The summed E-state index contributed by atoms with van der Waals surface area (Å²) in [6.07, 6.45) is -1.32. The largest absolute Gasteiger partial charge is 0.480 e. The highest BCUT2D eigenvalue weighted by atomic mass is 32.1. The molecule has 2 rings (SSSR count). The number of carbonyl (C=O) groups excluding carboxylic acids is 1. The molecule has 0 aliphatic heterocycles. The van der Waals surface area contributed by atoms with Crippen LogP contribution in [0.1, 0.15) is 26.7 Å². The molecule has 1 unspecified atom stereocenters. The Balaban J connectivity index is 1.99. The molecular weight excluding hydrogens is 358 g/mol. The minimum Gasteiger partial charge on any atom is -0.480 e. The van der Waals surface area contributed by atoms with Gasteiger partial charge in [0.25, 0.3) is 0 Å². The van der Waals surface area contributed by atoms with Crippen LogP contribution in [-0.2, 0) is 9.59 Å². The number of carboxylic acid groups (broad SMARTS) is 2. The zero-order valence-electron chi connectivity index (χ0n) is 14.5. The number of hydrogen-bond donors (Lipinski definition) is 3. The predicted octanol–water partition coefficient (Wildman–Crippen LogP) is 3.10. The summed E-state index contributed by atoms with van der Waals surface area (Å²) in [7, 11) is 0. The molecule has 0 spiro atoms. The van der Waals surface area contributed by atoms with Crippen LogP contribution in [0.5, 0.6) is 0 Å². The second kappa shape index (κ2) is 8.61. The van der Waals surface area contributed by atoms with E-state index in [0.29, 0.717) is 5.13 Å². The molecule has 0 aliphatic carbocycles. The van der Waals surface area contributed by atoms with Crippen molar-refractivity contribution >= 4 is 44.7 Å². The number of carbonyl (C=O) groups is 3. The van der Waals surface area contributed by atoms with Crippen molar-refractivity contribution in [3.05, 3.63) is 24.3 Å². The third-order valence-electron chi connectivity index (χ3n) is 3.72. The normalized spacial score (nSPS) is 12.1. The molecule has 2 aromatic rings. The first-order valence-electron chi connectivity index (χ1n) is 8.15. The van der Waals surface area contributed by atoms with Crippen LogP contribution in [0.4, 0.5) is 9.93 Å². The van der Waals surface area contributed by atoms with Gasteiger partial charge in [0.15, 0.2) is 5.13 Å². The summed E-state index contributed by atoms with van der Waals surface area (Å²) in [6, 6.07) is 6.26. The summed E-state index contributed by atoms with van der Waals surface area (Å²) < 4.78 is 0.929. The topological polar surface area (TPSA) is 120 Å². The number of benzene rings is 1. The van der Waals surface area contributed by atoms with Crippen molar-refractivity contribution in [3.63, 3.8) is 0 Å². The molecule has 2 amide bonds. The van der Waals surface area contributed by atoms with E-state index in [1.54, 1.807) is 0 Å². The predicted molar refractivity (Wildman–Crippen MR) is 98.5 cm³/mol. The molecule has 0 saturated carbocycles. The van der Waals surface area contributed by atoms with Gasteiger partial charge < -0.3 is 15.5 Å². The zero-order valence-corrected chi connectivity index (χ0v) is 15.3. The average molecular weight is 379 g/mol. The Morgan fingerprint density at radius 3 is 2.50 bits per heavy atom. The quantitative estimate of drug-likeness (QED) is 0.648. The van der Waals surface area contributed by atoms with Crippen LogP contribution in [0.3, 0.4) is 0 Å². The van der Waals surface area contributed by atoms with Crippen LogP contribution in [0.15, 0.2) is 24.3 Å². The van der Waals surface area contributed by atoms with E-state index in [1.165, 1.54) is 11.3 Å². The van der Waals surface area contributed by atoms with E-state index in [0.717, 1.165) is 15.1 Å². The lowest BCUT2D eigenvalue weighted by molar-refractivity contribution is -0.143. The molecule has 0 fully saturated rings. The molecule has 3 N–H and O–H groups in total. The molecule has 0 bridgehead atoms. The fourth-order valence-electron chi connectivity index (χ4n) is 2.52. The van der Waals surface area contributed by atoms with Crippen molar-refractivity contribution in [1.29, 1.82) is 0 Å². The van der Waals surface area contributed by atoms with Gasteiger partial charge in [0, 0.05) is 13.0 Å². The Labute approximate surface area is 154 Å². The van der Waals surface area contributed by atoms with Crippen molar-refractivity contribution in [2.24, 2.45) is 5.92 Å². The third-order valence-corrected chi connectivity index (χ3v) is 4.67. The molecule has 0 saturated heterocycles. The Morgan fingerprint density at radius 2 is 1.92 bits per heavy atom. The zero-order chi connectivity index (χ0) is 19.3. The van der Waals surface area contributed by atoms with Crippen LogP contribution >= 0.6 is 11.3 Å². The highest BCUT2D eigenvalue weighted by molar-refractivity contribution is 7.22. The number of aliphatic carboxylic acids is 1. The minimum absolute atomic E-state index is 0.00882. The Morgan fingerprint density at radius 1 is 1.23 bits per heavy atom. The second-order valence-electron chi connectivity index (χ2n) is 6.24. The van der Waals surface area contributed by atoms with Crippen LogP contribution < -0.4 is 5.32 Å². The standard InChI is InChI=1S/C17H21N3O5S/c1-10(2)9-12(15(22)23)20(17(24)25)8-7-14(21)19-16-18-11-5-3-4-6-13(11)26-16/h3-6,10,12H,7-9H2,1-2H3,(H,22,23)(H,24,25)(H,18,19,21). The van der Waals surface area contributed by atoms with Crippen LogP contribution in [0.2, 0.25) is 0 Å². The van der Waals surface area contributed by atoms with Crippen molar-refractivity contribution < 1.29 is 24.6 Å². The van der Waals surface area contributed by atoms with Gasteiger partial charge in [0.05, 0.1) is 10.2 Å². The van der Waals surface area contributed by atoms with Gasteiger partial charge in [-0.25, -0.2) is 14.6 Å². The van der Waals surface area contributed by atoms with E-state index >= 15 is 0 Å². The number of carboxylic acids is 1. The van der Waals surface area contributed by atoms with Crippen LogP contribution in [-0.4, -0.2) is 50.7 Å². The molecular formula is C17H21N3O5S. The first-order valence-corrected chi connectivity index (χ1v) is 8.97. The molecule has 1 aromatic carbocycles. The smallest absolute Gasteiger partial charge is 0.408 e. The minimum atomic E-state index is -1.36. The lowest BCUT2D eigenvalue weighted by Crippen LogP contribution is -2.46. The summed E-state index contributed by atoms with van der Waals surface area (Å²) in [5.74, 6) is -1.62. The first kappa shape index (κ1) is 19.6. The Hall–Kier alpha value is -2.68. The lowest BCUT2D eigenvalue weighted by atomic mass is 10.0.